The zero-order valence-electron chi connectivity index (χ0n) is 27.8. The lowest BCUT2D eigenvalue weighted by atomic mass is 9.95. The molecule has 0 aliphatic carbocycles. The van der Waals surface area contributed by atoms with Crippen LogP contribution in [0.5, 0.6) is 0 Å². The summed E-state index contributed by atoms with van der Waals surface area (Å²) in [5, 5.41) is 4.61. The highest BCUT2D eigenvalue weighted by Gasteiger charge is 2.24. The zero-order chi connectivity index (χ0) is 33.7. The number of benzene rings is 8. The number of para-hydroxylation sites is 4. The van der Waals surface area contributed by atoms with Gasteiger partial charge in [0.25, 0.3) is 0 Å². The van der Waals surface area contributed by atoms with Crippen molar-refractivity contribution in [2.75, 3.05) is 4.90 Å². The first-order valence-electron chi connectivity index (χ1n) is 17.4. The van der Waals surface area contributed by atoms with Crippen molar-refractivity contribution >= 4 is 60.8 Å². The molecule has 0 spiro atoms. The second-order valence-electron chi connectivity index (χ2n) is 12.9. The predicted molar refractivity (Wildman–Crippen MR) is 214 cm³/mol. The molecule has 0 amide bonds. The smallest absolute Gasteiger partial charge is 0.135 e. The van der Waals surface area contributed by atoms with Gasteiger partial charge in [0, 0.05) is 44.2 Å². The highest BCUT2D eigenvalue weighted by molar-refractivity contribution is 6.19. The Morgan fingerprint density at radius 3 is 1.76 bits per heavy atom. The molecule has 0 atom stereocenters. The molecule has 3 heteroatoms. The average Bonchev–Trinajstić information content (AvgIpc) is 3.75. The Balaban J connectivity index is 1.35. The Hall–Kier alpha value is -6.84. The number of hydrogen-bond donors (Lipinski definition) is 0. The molecule has 240 valence electrons. The maximum atomic E-state index is 6.27. The monoisotopic (exact) mass is 652 g/mol. The van der Waals surface area contributed by atoms with Crippen molar-refractivity contribution in [2.45, 2.75) is 0 Å². The van der Waals surface area contributed by atoms with Crippen molar-refractivity contribution in [3.8, 4) is 27.9 Å². The summed E-state index contributed by atoms with van der Waals surface area (Å²) < 4.78 is 8.74. The fraction of sp³-hybridized carbons (Fsp3) is 0. The second kappa shape index (κ2) is 11.9. The van der Waals surface area contributed by atoms with Crippen LogP contribution in [-0.4, -0.2) is 4.57 Å². The van der Waals surface area contributed by atoms with Crippen molar-refractivity contribution < 1.29 is 4.42 Å². The van der Waals surface area contributed by atoms with E-state index in [-0.39, 0.29) is 0 Å². The third-order valence-electron chi connectivity index (χ3n) is 9.94. The van der Waals surface area contributed by atoms with Crippen LogP contribution in [0.3, 0.4) is 0 Å². The molecule has 0 saturated carbocycles. The number of furan rings is 1. The van der Waals surface area contributed by atoms with Gasteiger partial charge in [-0.1, -0.05) is 127 Å². The summed E-state index contributed by atoms with van der Waals surface area (Å²) in [5.74, 6) is 0. The molecule has 0 fully saturated rings. The molecule has 10 aromatic rings. The fourth-order valence-corrected chi connectivity index (χ4v) is 7.68. The van der Waals surface area contributed by atoms with Crippen LogP contribution in [0, 0.1) is 0 Å². The van der Waals surface area contributed by atoms with Gasteiger partial charge in [0.1, 0.15) is 11.2 Å². The quantitative estimate of drug-likeness (QED) is 0.178. The molecule has 10 rings (SSSR count). The van der Waals surface area contributed by atoms with E-state index in [1.54, 1.807) is 0 Å². The first-order chi connectivity index (χ1) is 25.3. The summed E-state index contributed by atoms with van der Waals surface area (Å²) in [6, 6.07) is 69.2. The predicted octanol–water partition coefficient (Wildman–Crippen LogP) is 13.5. The number of hydrogen-bond acceptors (Lipinski definition) is 2. The van der Waals surface area contributed by atoms with Crippen LogP contribution in [0.25, 0.3) is 71.7 Å². The summed E-state index contributed by atoms with van der Waals surface area (Å²) in [6.45, 7) is 0. The van der Waals surface area contributed by atoms with Gasteiger partial charge in [-0.3, -0.25) is 0 Å². The molecule has 2 aromatic heterocycles. The summed E-state index contributed by atoms with van der Waals surface area (Å²) in [6.07, 6.45) is 0. The van der Waals surface area contributed by atoms with E-state index in [1.165, 1.54) is 38.5 Å². The molecule has 3 nitrogen and oxygen atoms in total. The van der Waals surface area contributed by atoms with Crippen molar-refractivity contribution in [2.24, 2.45) is 0 Å². The first-order valence-corrected chi connectivity index (χ1v) is 17.4. The van der Waals surface area contributed by atoms with E-state index in [2.05, 4.69) is 191 Å². The molecule has 0 radical (unpaired) electrons. The number of anilines is 3. The minimum atomic E-state index is 0.880. The normalized spacial score (nSPS) is 11.5. The van der Waals surface area contributed by atoms with Crippen LogP contribution in [0.1, 0.15) is 0 Å². The Morgan fingerprint density at radius 2 is 1.00 bits per heavy atom. The lowest BCUT2D eigenvalue weighted by Gasteiger charge is -2.27. The van der Waals surface area contributed by atoms with E-state index in [0.717, 1.165) is 50.2 Å². The molecule has 0 bridgehead atoms. The zero-order valence-corrected chi connectivity index (χ0v) is 27.8. The lowest BCUT2D eigenvalue weighted by Crippen LogP contribution is -2.11. The number of aromatic nitrogens is 1. The fourth-order valence-electron chi connectivity index (χ4n) is 7.68. The molecule has 8 aromatic carbocycles. The van der Waals surface area contributed by atoms with Crippen LogP contribution in [0.15, 0.2) is 199 Å². The average molecular weight is 653 g/mol. The van der Waals surface area contributed by atoms with Gasteiger partial charge in [-0.05, 0) is 83.4 Å². The summed E-state index contributed by atoms with van der Waals surface area (Å²) in [5.41, 5.74) is 13.2. The van der Waals surface area contributed by atoms with E-state index in [0.29, 0.717) is 0 Å². The van der Waals surface area contributed by atoms with E-state index in [1.807, 2.05) is 12.1 Å². The van der Waals surface area contributed by atoms with Gasteiger partial charge in [-0.2, -0.15) is 0 Å². The van der Waals surface area contributed by atoms with Crippen molar-refractivity contribution in [1.29, 1.82) is 0 Å². The van der Waals surface area contributed by atoms with Gasteiger partial charge in [-0.15, -0.1) is 0 Å². The highest BCUT2D eigenvalue weighted by Crippen LogP contribution is 2.47. The van der Waals surface area contributed by atoms with Crippen molar-refractivity contribution in [1.82, 2.24) is 4.57 Å². The third-order valence-corrected chi connectivity index (χ3v) is 9.94. The molecule has 51 heavy (non-hydrogen) atoms. The van der Waals surface area contributed by atoms with Crippen LogP contribution >= 0.6 is 0 Å². The summed E-state index contributed by atoms with van der Waals surface area (Å²) in [7, 11) is 0. The van der Waals surface area contributed by atoms with E-state index in [9.17, 15) is 0 Å². The number of rotatable bonds is 6. The van der Waals surface area contributed by atoms with Gasteiger partial charge < -0.3 is 13.9 Å². The van der Waals surface area contributed by atoms with Crippen LogP contribution in [0.2, 0.25) is 0 Å². The standard InChI is InChI=1S/C48H32N2O/c1-5-16-33(17-6-1)35-30-41(34-18-7-2-8-19-34)47-43(31-35)40-25-15-26-44(48(40)50(47)37-22-11-4-12-23-37)49(36-20-9-3-10-21-36)38-28-29-46-42(32-38)39-24-13-14-27-45(39)51-46/h1-32H. The van der Waals surface area contributed by atoms with Gasteiger partial charge in [0.2, 0.25) is 0 Å². The van der Waals surface area contributed by atoms with Crippen LogP contribution in [0.4, 0.5) is 17.1 Å². The van der Waals surface area contributed by atoms with Crippen LogP contribution in [-0.2, 0) is 0 Å². The summed E-state index contributed by atoms with van der Waals surface area (Å²) in [4.78, 5) is 2.39. The maximum absolute atomic E-state index is 6.27. The highest BCUT2D eigenvalue weighted by atomic mass is 16.3. The van der Waals surface area contributed by atoms with Gasteiger partial charge in [0.05, 0.1) is 16.7 Å². The molecular formula is C48H32N2O. The number of nitrogens with zero attached hydrogens (tertiary/aromatic N) is 2. The molecule has 2 heterocycles. The van der Waals surface area contributed by atoms with Crippen LogP contribution < -0.4 is 4.90 Å². The largest absolute Gasteiger partial charge is 0.456 e. The molecule has 0 aliphatic heterocycles. The third kappa shape index (κ3) is 4.82. The molecule has 0 unspecified atom stereocenters. The molecule has 0 N–H and O–H groups in total. The van der Waals surface area contributed by atoms with E-state index < -0.39 is 0 Å². The lowest BCUT2D eigenvalue weighted by molar-refractivity contribution is 0.669. The van der Waals surface area contributed by atoms with Gasteiger partial charge in [0.15, 0.2) is 0 Å². The molecule has 0 saturated heterocycles. The van der Waals surface area contributed by atoms with Gasteiger partial charge >= 0.3 is 0 Å². The topological polar surface area (TPSA) is 21.3 Å². The minimum Gasteiger partial charge on any atom is -0.456 e. The Bertz CT molecular complexity index is 2840. The first kappa shape index (κ1) is 29.1. The number of fused-ring (bicyclic) bond motifs is 6. The van der Waals surface area contributed by atoms with Crippen molar-refractivity contribution in [3.63, 3.8) is 0 Å². The van der Waals surface area contributed by atoms with E-state index in [4.69, 9.17) is 4.42 Å². The Labute approximate surface area is 295 Å². The summed E-state index contributed by atoms with van der Waals surface area (Å²) >= 11 is 0. The van der Waals surface area contributed by atoms with Gasteiger partial charge in [-0.25, -0.2) is 0 Å². The van der Waals surface area contributed by atoms with Crippen molar-refractivity contribution in [3.05, 3.63) is 194 Å². The maximum Gasteiger partial charge on any atom is 0.135 e. The second-order valence-corrected chi connectivity index (χ2v) is 12.9. The Kier molecular flexibility index (Phi) is 6.81. The minimum absolute atomic E-state index is 0.880. The SMILES string of the molecule is c1ccc(-c2cc(-c3ccccc3)c3c(c2)c2cccc(N(c4ccccc4)c4ccc5oc6ccccc6c5c4)c2n3-c2ccccc2)cc1. The van der Waals surface area contributed by atoms with E-state index >= 15 is 0 Å². The molecule has 0 aliphatic rings. The molecular weight excluding hydrogens is 621 g/mol. The Morgan fingerprint density at radius 1 is 0.373 bits per heavy atom.